The van der Waals surface area contributed by atoms with E-state index in [1.54, 1.807) is 13.0 Å². The van der Waals surface area contributed by atoms with Crippen LogP contribution >= 0.6 is 11.6 Å². The fraction of sp³-hybridized carbons (Fsp3) is 0.500. The van der Waals surface area contributed by atoms with Gasteiger partial charge >= 0.3 is 5.97 Å². The van der Waals surface area contributed by atoms with Crippen molar-refractivity contribution in [2.24, 2.45) is 5.41 Å². The van der Waals surface area contributed by atoms with Gasteiger partial charge in [-0.15, -0.1) is 6.58 Å². The first-order valence-corrected chi connectivity index (χ1v) is 10.3. The predicted molar refractivity (Wildman–Crippen MR) is 99.0 cm³/mol. The van der Waals surface area contributed by atoms with E-state index in [1.807, 2.05) is 18.2 Å². The van der Waals surface area contributed by atoms with Crippen molar-refractivity contribution in [2.75, 3.05) is 25.4 Å². The molecule has 0 saturated carbocycles. The van der Waals surface area contributed by atoms with Crippen molar-refractivity contribution in [3.8, 4) is 0 Å². The van der Waals surface area contributed by atoms with E-state index >= 15 is 0 Å². The van der Waals surface area contributed by atoms with Gasteiger partial charge in [0.05, 0.1) is 17.8 Å². The first-order chi connectivity index (χ1) is 11.8. The number of piperidine rings is 1. The third-order valence-corrected chi connectivity index (χ3v) is 6.77. The van der Waals surface area contributed by atoms with Gasteiger partial charge in [-0.1, -0.05) is 35.9 Å². The Kier molecular flexibility index (Phi) is 6.65. The van der Waals surface area contributed by atoms with Crippen LogP contribution in [0.3, 0.4) is 0 Å². The van der Waals surface area contributed by atoms with Crippen LogP contribution in [0.15, 0.2) is 36.9 Å². The highest BCUT2D eigenvalue weighted by molar-refractivity contribution is 7.89. The first-order valence-electron chi connectivity index (χ1n) is 8.34. The highest BCUT2D eigenvalue weighted by Gasteiger charge is 2.44. The molecule has 0 bridgehead atoms. The van der Waals surface area contributed by atoms with Gasteiger partial charge in [-0.2, -0.15) is 0 Å². The Morgan fingerprint density at radius 2 is 2.00 bits per heavy atom. The van der Waals surface area contributed by atoms with Crippen molar-refractivity contribution >= 4 is 27.6 Å². The normalized spacial score (nSPS) is 17.8. The molecule has 0 atom stereocenters. The Morgan fingerprint density at radius 1 is 1.36 bits per heavy atom. The molecule has 1 aromatic carbocycles. The van der Waals surface area contributed by atoms with Gasteiger partial charge in [0.15, 0.2) is 0 Å². The van der Waals surface area contributed by atoms with Gasteiger partial charge in [-0.05, 0) is 37.8 Å². The van der Waals surface area contributed by atoms with E-state index in [4.69, 9.17) is 16.3 Å². The summed E-state index contributed by atoms with van der Waals surface area (Å²) in [7, 11) is -3.37. The summed E-state index contributed by atoms with van der Waals surface area (Å²) in [5.74, 6) is -0.375. The Labute approximate surface area is 154 Å². The molecule has 0 aliphatic carbocycles. The maximum absolute atomic E-state index is 12.7. The number of halogens is 1. The van der Waals surface area contributed by atoms with Crippen LogP contribution in [-0.2, 0) is 26.0 Å². The summed E-state index contributed by atoms with van der Waals surface area (Å²) in [5, 5.41) is 0.605. The molecule has 1 heterocycles. The number of carbonyl (C=O) groups is 1. The van der Waals surface area contributed by atoms with Gasteiger partial charge in [-0.3, -0.25) is 4.79 Å². The number of rotatable bonds is 7. The van der Waals surface area contributed by atoms with Crippen LogP contribution in [0.4, 0.5) is 0 Å². The summed E-state index contributed by atoms with van der Waals surface area (Å²) in [6, 6.07) is 7.40. The molecule has 2 rings (SSSR count). The number of hydrogen-bond donors (Lipinski definition) is 0. The molecule has 1 saturated heterocycles. The Balaban J connectivity index is 2.23. The fourth-order valence-electron chi connectivity index (χ4n) is 3.19. The van der Waals surface area contributed by atoms with Crippen LogP contribution in [0.1, 0.15) is 25.3 Å². The lowest BCUT2D eigenvalue weighted by atomic mass is 9.74. The Morgan fingerprint density at radius 3 is 2.56 bits per heavy atom. The second-order valence-electron chi connectivity index (χ2n) is 6.24. The van der Waals surface area contributed by atoms with Crippen molar-refractivity contribution < 1.29 is 17.9 Å². The molecule has 0 spiro atoms. The zero-order valence-corrected chi connectivity index (χ0v) is 16.0. The van der Waals surface area contributed by atoms with Crippen molar-refractivity contribution in [3.63, 3.8) is 0 Å². The summed E-state index contributed by atoms with van der Waals surface area (Å²) in [6.45, 7) is 6.14. The third kappa shape index (κ3) is 4.63. The average molecular weight is 386 g/mol. The minimum absolute atomic E-state index is 0.0933. The van der Waals surface area contributed by atoms with Crippen molar-refractivity contribution in [1.82, 2.24) is 4.31 Å². The molecular weight excluding hydrogens is 362 g/mol. The number of nitrogens with zero attached hydrogens (tertiary/aromatic N) is 1. The lowest BCUT2D eigenvalue weighted by Gasteiger charge is -2.39. The van der Waals surface area contributed by atoms with Gasteiger partial charge in [0.2, 0.25) is 10.0 Å². The van der Waals surface area contributed by atoms with E-state index in [9.17, 15) is 13.2 Å². The standard InChI is InChI=1S/C18H24ClNO4S/c1-3-13-25(22,23)20-11-9-18(10-12-20,17(21)24-4-2)14-15-7-5-6-8-16(15)19/h3,5-8H,1,4,9-14H2,2H3. The van der Waals surface area contributed by atoms with E-state index in [-0.39, 0.29) is 11.7 Å². The van der Waals surface area contributed by atoms with Crippen molar-refractivity contribution in [3.05, 3.63) is 47.5 Å². The molecule has 1 aromatic rings. The Bertz CT molecular complexity index is 724. The molecule has 0 unspecified atom stereocenters. The second kappa shape index (κ2) is 8.34. The van der Waals surface area contributed by atoms with E-state index < -0.39 is 15.4 Å². The molecule has 5 nitrogen and oxygen atoms in total. The molecule has 7 heteroatoms. The van der Waals surface area contributed by atoms with Gasteiger partial charge in [0, 0.05) is 18.1 Å². The SMILES string of the molecule is C=CCS(=O)(=O)N1CCC(Cc2ccccc2Cl)(C(=O)OCC)CC1. The molecular formula is C18H24ClNO4S. The molecule has 1 fully saturated rings. The van der Waals surface area contributed by atoms with E-state index in [2.05, 4.69) is 6.58 Å². The van der Waals surface area contributed by atoms with E-state index in [0.29, 0.717) is 44.0 Å². The van der Waals surface area contributed by atoms with Crippen LogP contribution in [-0.4, -0.2) is 44.1 Å². The number of hydrogen-bond acceptors (Lipinski definition) is 4. The molecule has 0 amide bonds. The predicted octanol–water partition coefficient (Wildman–Crippen LogP) is 3.04. The lowest BCUT2D eigenvalue weighted by molar-refractivity contribution is -0.158. The number of ether oxygens (including phenoxy) is 1. The maximum atomic E-state index is 12.7. The van der Waals surface area contributed by atoms with E-state index in [1.165, 1.54) is 10.4 Å². The molecule has 1 aliphatic heterocycles. The first kappa shape index (κ1) is 19.9. The minimum Gasteiger partial charge on any atom is -0.466 e. The van der Waals surface area contributed by atoms with Crippen LogP contribution in [0.25, 0.3) is 0 Å². The smallest absolute Gasteiger partial charge is 0.312 e. The monoisotopic (exact) mass is 385 g/mol. The molecule has 1 aliphatic rings. The van der Waals surface area contributed by atoms with Crippen LogP contribution < -0.4 is 0 Å². The number of carbonyl (C=O) groups excluding carboxylic acids is 1. The molecule has 138 valence electrons. The zero-order valence-electron chi connectivity index (χ0n) is 14.4. The third-order valence-electron chi connectivity index (χ3n) is 4.60. The number of benzene rings is 1. The molecule has 0 radical (unpaired) electrons. The highest BCUT2D eigenvalue weighted by atomic mass is 35.5. The van der Waals surface area contributed by atoms with Crippen LogP contribution in [0.5, 0.6) is 0 Å². The summed E-state index contributed by atoms with van der Waals surface area (Å²) < 4.78 is 31.2. The molecule has 25 heavy (non-hydrogen) atoms. The van der Waals surface area contributed by atoms with Gasteiger partial charge in [-0.25, -0.2) is 12.7 Å². The summed E-state index contributed by atoms with van der Waals surface area (Å²) in [6.07, 6.45) is 2.65. The minimum atomic E-state index is -3.37. The lowest BCUT2D eigenvalue weighted by Crippen LogP contribution is -2.48. The van der Waals surface area contributed by atoms with Gasteiger partial charge in [0.1, 0.15) is 0 Å². The summed E-state index contributed by atoms with van der Waals surface area (Å²) in [5.41, 5.74) is 0.126. The van der Waals surface area contributed by atoms with Gasteiger partial charge < -0.3 is 4.74 Å². The quantitative estimate of drug-likeness (QED) is 0.534. The fourth-order valence-corrected chi connectivity index (χ4v) is 4.64. The zero-order chi connectivity index (χ0) is 18.5. The summed E-state index contributed by atoms with van der Waals surface area (Å²) in [4.78, 5) is 12.7. The largest absolute Gasteiger partial charge is 0.466 e. The van der Waals surface area contributed by atoms with Gasteiger partial charge in [0.25, 0.3) is 0 Å². The average Bonchev–Trinajstić information content (AvgIpc) is 2.57. The molecule has 0 aromatic heterocycles. The Hall–Kier alpha value is -1.37. The maximum Gasteiger partial charge on any atom is 0.312 e. The topological polar surface area (TPSA) is 63.7 Å². The number of esters is 1. The summed E-state index contributed by atoms with van der Waals surface area (Å²) >= 11 is 6.26. The van der Waals surface area contributed by atoms with Crippen LogP contribution in [0.2, 0.25) is 5.02 Å². The highest BCUT2D eigenvalue weighted by Crippen LogP contribution is 2.38. The molecule has 0 N–H and O–H groups in total. The van der Waals surface area contributed by atoms with Crippen molar-refractivity contribution in [1.29, 1.82) is 0 Å². The van der Waals surface area contributed by atoms with Crippen LogP contribution in [0, 0.1) is 5.41 Å². The number of sulfonamides is 1. The van der Waals surface area contributed by atoms with Crippen molar-refractivity contribution in [2.45, 2.75) is 26.2 Å². The second-order valence-corrected chi connectivity index (χ2v) is 8.66. The van der Waals surface area contributed by atoms with E-state index in [0.717, 1.165) is 5.56 Å².